The minimum absolute atomic E-state index is 0.0294. The number of anilines is 1. The van der Waals surface area contributed by atoms with Crippen LogP contribution in [0, 0.1) is 0 Å². The summed E-state index contributed by atoms with van der Waals surface area (Å²) in [7, 11) is 1.92. The Morgan fingerprint density at radius 2 is 2.17 bits per heavy atom. The van der Waals surface area contributed by atoms with E-state index in [0.717, 1.165) is 12.2 Å². The maximum Gasteiger partial charge on any atom is 0.241 e. The zero-order valence-corrected chi connectivity index (χ0v) is 10.9. The van der Waals surface area contributed by atoms with E-state index in [0.29, 0.717) is 11.5 Å². The first-order valence-corrected chi connectivity index (χ1v) is 6.02. The number of likely N-dealkylation sites (N-methyl/N-ethyl adjacent to an activating group) is 1. The molecule has 0 bridgehead atoms. The van der Waals surface area contributed by atoms with Crippen molar-refractivity contribution < 1.29 is 14.3 Å². The van der Waals surface area contributed by atoms with Crippen LogP contribution in [-0.4, -0.2) is 37.2 Å². The van der Waals surface area contributed by atoms with Gasteiger partial charge in [-0.3, -0.25) is 9.69 Å². The zero-order chi connectivity index (χ0) is 13.1. The molecule has 18 heavy (non-hydrogen) atoms. The summed E-state index contributed by atoms with van der Waals surface area (Å²) in [4.78, 5) is 14.0. The van der Waals surface area contributed by atoms with Gasteiger partial charge in [-0.15, -0.1) is 0 Å². The first-order chi connectivity index (χ1) is 8.61. The number of fused-ring (bicyclic) bond motifs is 1. The van der Waals surface area contributed by atoms with Gasteiger partial charge < -0.3 is 14.8 Å². The second-order valence-electron chi connectivity index (χ2n) is 4.31. The molecule has 1 N–H and O–H groups in total. The topological polar surface area (TPSA) is 50.8 Å². The largest absolute Gasteiger partial charge is 0.454 e. The third-order valence-electron chi connectivity index (χ3n) is 3.18. The van der Waals surface area contributed by atoms with Crippen LogP contribution in [0.3, 0.4) is 0 Å². The van der Waals surface area contributed by atoms with Gasteiger partial charge in [0, 0.05) is 11.8 Å². The van der Waals surface area contributed by atoms with E-state index in [1.807, 2.05) is 31.9 Å². The van der Waals surface area contributed by atoms with Gasteiger partial charge in [0.05, 0.1) is 6.04 Å². The number of carbonyl (C=O) groups excluding carboxylic acids is 1. The normalized spacial score (nSPS) is 14.7. The van der Waals surface area contributed by atoms with Crippen LogP contribution in [0.5, 0.6) is 11.5 Å². The lowest BCUT2D eigenvalue weighted by atomic mass is 10.2. The molecule has 0 saturated carbocycles. The molecule has 98 valence electrons. The smallest absolute Gasteiger partial charge is 0.241 e. The van der Waals surface area contributed by atoms with Gasteiger partial charge in [0.25, 0.3) is 0 Å². The summed E-state index contributed by atoms with van der Waals surface area (Å²) in [6.07, 6.45) is 0. The van der Waals surface area contributed by atoms with Crippen molar-refractivity contribution >= 4 is 11.6 Å². The van der Waals surface area contributed by atoms with Gasteiger partial charge in [0.15, 0.2) is 11.5 Å². The molecule has 0 spiro atoms. The molecule has 1 aromatic carbocycles. The molecular formula is C13H18N2O3. The molecule has 1 aliphatic rings. The number of nitrogens with one attached hydrogen (secondary N) is 1. The number of hydrogen-bond donors (Lipinski definition) is 1. The minimum atomic E-state index is -0.166. The molecule has 1 amide bonds. The van der Waals surface area contributed by atoms with Crippen LogP contribution in [-0.2, 0) is 4.79 Å². The van der Waals surface area contributed by atoms with E-state index in [-0.39, 0.29) is 18.7 Å². The molecule has 2 rings (SSSR count). The Morgan fingerprint density at radius 3 is 2.89 bits per heavy atom. The van der Waals surface area contributed by atoms with Gasteiger partial charge >= 0.3 is 0 Å². The molecule has 1 heterocycles. The van der Waals surface area contributed by atoms with E-state index in [1.54, 1.807) is 12.1 Å². The Labute approximate surface area is 107 Å². The van der Waals surface area contributed by atoms with E-state index in [2.05, 4.69) is 5.32 Å². The van der Waals surface area contributed by atoms with Crippen LogP contribution in [0.15, 0.2) is 18.2 Å². The predicted octanol–water partition coefficient (Wildman–Crippen LogP) is 1.69. The van der Waals surface area contributed by atoms with Crippen LogP contribution in [0.2, 0.25) is 0 Å². The average Bonchev–Trinajstić information content (AvgIpc) is 2.84. The third kappa shape index (κ3) is 2.56. The SMILES string of the molecule is CCN(C)[C@@H](C)C(=O)Nc1ccc2c(c1)OCO2. The van der Waals surface area contributed by atoms with Crippen LogP contribution in [0.25, 0.3) is 0 Å². The highest BCUT2D eigenvalue weighted by molar-refractivity contribution is 5.94. The first-order valence-electron chi connectivity index (χ1n) is 6.02. The summed E-state index contributed by atoms with van der Waals surface area (Å²) in [6.45, 7) is 4.97. The van der Waals surface area contributed by atoms with Gasteiger partial charge in [0.2, 0.25) is 12.7 Å². The summed E-state index contributed by atoms with van der Waals surface area (Å²) in [5.41, 5.74) is 0.723. The predicted molar refractivity (Wildman–Crippen MR) is 69.0 cm³/mol. The molecule has 5 nitrogen and oxygen atoms in total. The van der Waals surface area contributed by atoms with Crippen molar-refractivity contribution in [3.8, 4) is 11.5 Å². The van der Waals surface area contributed by atoms with Gasteiger partial charge in [-0.2, -0.15) is 0 Å². The second-order valence-corrected chi connectivity index (χ2v) is 4.31. The first kappa shape index (κ1) is 12.7. The molecule has 0 aliphatic carbocycles. The fourth-order valence-corrected chi connectivity index (χ4v) is 1.70. The summed E-state index contributed by atoms with van der Waals surface area (Å²) < 4.78 is 10.5. The number of hydrogen-bond acceptors (Lipinski definition) is 4. The lowest BCUT2D eigenvalue weighted by Crippen LogP contribution is -2.39. The van der Waals surface area contributed by atoms with Gasteiger partial charge in [-0.25, -0.2) is 0 Å². The summed E-state index contributed by atoms with van der Waals surface area (Å²) in [5.74, 6) is 1.36. The number of benzene rings is 1. The van der Waals surface area contributed by atoms with E-state index in [4.69, 9.17) is 9.47 Å². The maximum absolute atomic E-state index is 12.0. The number of nitrogens with zero attached hydrogens (tertiary/aromatic N) is 1. The third-order valence-corrected chi connectivity index (χ3v) is 3.18. The van der Waals surface area contributed by atoms with Crippen molar-refractivity contribution in [3.05, 3.63) is 18.2 Å². The summed E-state index contributed by atoms with van der Waals surface area (Å²) in [6, 6.07) is 5.22. The molecular weight excluding hydrogens is 232 g/mol. The van der Waals surface area contributed by atoms with Gasteiger partial charge in [-0.1, -0.05) is 6.92 Å². The number of carbonyl (C=O) groups is 1. The van der Waals surface area contributed by atoms with E-state index in [9.17, 15) is 4.79 Å². The molecule has 0 saturated heterocycles. The monoisotopic (exact) mass is 250 g/mol. The molecule has 1 atom stereocenters. The maximum atomic E-state index is 12.0. The molecule has 0 aromatic heterocycles. The standard InChI is InChI=1S/C13H18N2O3/c1-4-15(3)9(2)13(16)14-10-5-6-11-12(7-10)18-8-17-11/h5-7,9H,4,8H2,1-3H3,(H,14,16)/t9-/m0/s1. The Hall–Kier alpha value is -1.75. The van der Waals surface area contributed by atoms with Crippen LogP contribution in [0.1, 0.15) is 13.8 Å². The Balaban J connectivity index is 2.03. The summed E-state index contributed by atoms with van der Waals surface area (Å²) >= 11 is 0. The van der Waals surface area contributed by atoms with Crippen LogP contribution >= 0.6 is 0 Å². The molecule has 1 aromatic rings. The van der Waals surface area contributed by atoms with Crippen molar-refractivity contribution in [2.45, 2.75) is 19.9 Å². The highest BCUT2D eigenvalue weighted by Crippen LogP contribution is 2.34. The van der Waals surface area contributed by atoms with E-state index < -0.39 is 0 Å². The fraction of sp³-hybridized carbons (Fsp3) is 0.462. The van der Waals surface area contributed by atoms with Crippen molar-refractivity contribution in [2.24, 2.45) is 0 Å². The number of ether oxygens (including phenoxy) is 2. The Bertz CT molecular complexity index is 448. The second kappa shape index (κ2) is 5.27. The Kier molecular flexibility index (Phi) is 3.72. The van der Waals surface area contributed by atoms with Crippen molar-refractivity contribution in [1.82, 2.24) is 4.90 Å². The molecule has 0 radical (unpaired) electrons. The number of rotatable bonds is 4. The molecule has 0 fully saturated rings. The van der Waals surface area contributed by atoms with Crippen LogP contribution in [0.4, 0.5) is 5.69 Å². The lowest BCUT2D eigenvalue weighted by Gasteiger charge is -2.22. The van der Waals surface area contributed by atoms with Crippen molar-refractivity contribution in [1.29, 1.82) is 0 Å². The highest BCUT2D eigenvalue weighted by Gasteiger charge is 2.18. The Morgan fingerprint density at radius 1 is 1.44 bits per heavy atom. The molecule has 1 aliphatic heterocycles. The van der Waals surface area contributed by atoms with Gasteiger partial charge in [-0.05, 0) is 32.6 Å². The van der Waals surface area contributed by atoms with Crippen molar-refractivity contribution in [3.63, 3.8) is 0 Å². The number of amides is 1. The van der Waals surface area contributed by atoms with Crippen molar-refractivity contribution in [2.75, 3.05) is 25.7 Å². The average molecular weight is 250 g/mol. The summed E-state index contributed by atoms with van der Waals surface area (Å²) in [5, 5.41) is 2.87. The minimum Gasteiger partial charge on any atom is -0.454 e. The van der Waals surface area contributed by atoms with E-state index >= 15 is 0 Å². The highest BCUT2D eigenvalue weighted by atomic mass is 16.7. The van der Waals surface area contributed by atoms with Crippen LogP contribution < -0.4 is 14.8 Å². The quantitative estimate of drug-likeness (QED) is 0.883. The molecule has 0 unspecified atom stereocenters. The molecule has 5 heteroatoms. The zero-order valence-electron chi connectivity index (χ0n) is 10.9. The van der Waals surface area contributed by atoms with Gasteiger partial charge in [0.1, 0.15) is 0 Å². The lowest BCUT2D eigenvalue weighted by molar-refractivity contribution is -0.120. The fourth-order valence-electron chi connectivity index (χ4n) is 1.70. The van der Waals surface area contributed by atoms with E-state index in [1.165, 1.54) is 0 Å².